The van der Waals surface area contributed by atoms with E-state index >= 15 is 0 Å². The maximum atomic E-state index is 13.3. The number of hydrogen-bond donors (Lipinski definition) is 4. The Morgan fingerprint density at radius 3 is 2.65 bits per heavy atom. The van der Waals surface area contributed by atoms with Crippen LogP contribution in [0.15, 0.2) is 35.2 Å². The number of fused-ring (bicyclic) bond motifs is 1. The molecule has 166 valence electrons. The quantitative estimate of drug-likeness (QED) is 0.500. The Hall–Kier alpha value is -2.83. The molecule has 0 aromatic heterocycles. The molecule has 31 heavy (non-hydrogen) atoms. The molecule has 2 aromatic carbocycles. The lowest BCUT2D eigenvalue weighted by Gasteiger charge is -2.16. The molecule has 0 saturated carbocycles. The van der Waals surface area contributed by atoms with Gasteiger partial charge in [0.2, 0.25) is 0 Å². The Bertz CT molecular complexity index is 1160. The van der Waals surface area contributed by atoms with Crippen molar-refractivity contribution in [3.05, 3.63) is 35.4 Å². The molecule has 0 radical (unpaired) electrons. The number of para-hydroxylation sites is 1. The van der Waals surface area contributed by atoms with Crippen molar-refractivity contribution >= 4 is 38.8 Å². The highest BCUT2D eigenvalue weighted by molar-refractivity contribution is 7.92. The molecule has 2 aliphatic rings. The summed E-state index contributed by atoms with van der Waals surface area (Å²) in [5, 5.41) is 17.1. The van der Waals surface area contributed by atoms with Crippen molar-refractivity contribution in [2.45, 2.75) is 22.9 Å². The van der Waals surface area contributed by atoms with Gasteiger partial charge in [-0.25, -0.2) is 13.2 Å². The molecule has 4 N–H and O–H groups in total. The van der Waals surface area contributed by atoms with Crippen LogP contribution < -0.4 is 25.4 Å². The van der Waals surface area contributed by atoms with Crippen molar-refractivity contribution in [3.8, 4) is 17.2 Å². The average molecular weight is 476 g/mol. The molecule has 1 saturated heterocycles. The fraction of sp³-hybridized carbons (Fsp3) is 0.278. The largest absolute Gasteiger partial charge is 0.586 e. The molecule has 0 unspecified atom stereocenters. The number of carbonyl (C=O) groups excluding carboxylic acids is 1. The summed E-state index contributed by atoms with van der Waals surface area (Å²) in [7, 11) is -3.97. The molecule has 2 heterocycles. The number of phenolic OH excluding ortho intramolecular Hbond substituents is 1. The minimum atomic E-state index is -3.97. The van der Waals surface area contributed by atoms with Crippen molar-refractivity contribution < 1.29 is 36.6 Å². The first-order valence-corrected chi connectivity index (χ1v) is 10.9. The van der Waals surface area contributed by atoms with Gasteiger partial charge < -0.3 is 30.5 Å². The number of aromatic hydroxyl groups is 1. The lowest BCUT2D eigenvalue weighted by molar-refractivity contribution is -0.286. The average Bonchev–Trinajstić information content (AvgIpc) is 3.31. The van der Waals surface area contributed by atoms with Gasteiger partial charge in [-0.15, -0.1) is 8.78 Å². The van der Waals surface area contributed by atoms with Crippen LogP contribution in [-0.4, -0.2) is 44.2 Å². The van der Waals surface area contributed by atoms with Gasteiger partial charge in [-0.1, -0.05) is 17.7 Å². The Kier molecular flexibility index (Phi) is 5.31. The van der Waals surface area contributed by atoms with Gasteiger partial charge in [0, 0.05) is 6.54 Å². The lowest BCUT2D eigenvalue weighted by Crippen LogP contribution is -2.26. The minimum absolute atomic E-state index is 0.120. The standard InChI is InChI=1S/C18H16ClF2N3O6S/c19-10-4-5-11(14(25)16(10)31(27,28)9-6-7-22-8-9)23-17(26)24-12-2-1-3-13-15(12)30-18(20,21)29-13/h1-5,9,22,25H,6-8H2,(H2,23,24,26)/t9-/m1/s1. The molecule has 2 aromatic rings. The second-order valence-electron chi connectivity index (χ2n) is 6.81. The van der Waals surface area contributed by atoms with Crippen LogP contribution in [0.5, 0.6) is 17.2 Å². The van der Waals surface area contributed by atoms with Crippen LogP contribution in [0.3, 0.4) is 0 Å². The van der Waals surface area contributed by atoms with E-state index in [1.165, 1.54) is 30.3 Å². The molecular formula is C18H16ClF2N3O6S. The molecule has 2 amide bonds. The number of benzene rings is 2. The number of phenols is 1. The van der Waals surface area contributed by atoms with E-state index in [0.717, 1.165) is 0 Å². The molecule has 2 aliphatic heterocycles. The first-order chi connectivity index (χ1) is 14.6. The molecular weight excluding hydrogens is 460 g/mol. The van der Waals surface area contributed by atoms with Crippen LogP contribution in [0.4, 0.5) is 25.0 Å². The Morgan fingerprint density at radius 1 is 1.19 bits per heavy atom. The minimum Gasteiger partial charge on any atom is -0.504 e. The third-order valence-corrected chi connectivity index (χ3v) is 7.44. The van der Waals surface area contributed by atoms with Gasteiger partial charge in [0.1, 0.15) is 4.90 Å². The molecule has 0 bridgehead atoms. The molecule has 1 atom stereocenters. The smallest absolute Gasteiger partial charge is 0.504 e. The number of rotatable bonds is 4. The van der Waals surface area contributed by atoms with Crippen LogP contribution in [0.2, 0.25) is 5.02 Å². The third-order valence-electron chi connectivity index (χ3n) is 4.75. The Labute approximate surface area is 180 Å². The summed E-state index contributed by atoms with van der Waals surface area (Å²) in [6, 6.07) is 5.39. The maximum Gasteiger partial charge on any atom is 0.586 e. The highest BCUT2D eigenvalue weighted by Crippen LogP contribution is 2.46. The van der Waals surface area contributed by atoms with E-state index in [0.29, 0.717) is 13.0 Å². The number of carbonyl (C=O) groups is 1. The van der Waals surface area contributed by atoms with Crippen LogP contribution in [0.1, 0.15) is 6.42 Å². The number of nitrogens with one attached hydrogen (secondary N) is 3. The zero-order valence-corrected chi connectivity index (χ0v) is 17.2. The van der Waals surface area contributed by atoms with Crippen LogP contribution in [-0.2, 0) is 9.84 Å². The first-order valence-electron chi connectivity index (χ1n) is 9.01. The summed E-state index contributed by atoms with van der Waals surface area (Å²) in [6.07, 6.45) is -3.52. The molecule has 1 fully saturated rings. The van der Waals surface area contributed by atoms with E-state index in [1.54, 1.807) is 0 Å². The number of halogens is 3. The summed E-state index contributed by atoms with van der Waals surface area (Å²) < 4.78 is 61.1. The zero-order valence-electron chi connectivity index (χ0n) is 15.6. The highest BCUT2D eigenvalue weighted by atomic mass is 35.5. The van der Waals surface area contributed by atoms with Crippen molar-refractivity contribution in [1.82, 2.24) is 5.32 Å². The maximum absolute atomic E-state index is 13.3. The van der Waals surface area contributed by atoms with Crippen molar-refractivity contribution in [2.75, 3.05) is 23.7 Å². The Morgan fingerprint density at radius 2 is 1.94 bits per heavy atom. The molecule has 4 rings (SSSR count). The van der Waals surface area contributed by atoms with E-state index in [-0.39, 0.29) is 34.4 Å². The van der Waals surface area contributed by atoms with Crippen LogP contribution in [0, 0.1) is 0 Å². The highest BCUT2D eigenvalue weighted by Gasteiger charge is 2.44. The fourth-order valence-corrected chi connectivity index (χ4v) is 5.61. The zero-order chi connectivity index (χ0) is 22.4. The van der Waals surface area contributed by atoms with E-state index in [4.69, 9.17) is 11.6 Å². The second kappa shape index (κ2) is 7.70. The van der Waals surface area contributed by atoms with Gasteiger partial charge in [0.05, 0.1) is 21.6 Å². The second-order valence-corrected chi connectivity index (χ2v) is 9.38. The number of amides is 2. The summed E-state index contributed by atoms with van der Waals surface area (Å²) in [5.74, 6) is -1.37. The number of sulfone groups is 1. The van der Waals surface area contributed by atoms with Crippen LogP contribution in [0.25, 0.3) is 0 Å². The van der Waals surface area contributed by atoms with Gasteiger partial charge in [-0.3, -0.25) is 0 Å². The lowest BCUT2D eigenvalue weighted by atomic mass is 10.2. The molecule has 0 spiro atoms. The fourth-order valence-electron chi connectivity index (χ4n) is 3.32. The summed E-state index contributed by atoms with van der Waals surface area (Å²) in [5.41, 5.74) is -0.355. The molecule has 13 heteroatoms. The van der Waals surface area contributed by atoms with Gasteiger partial charge in [-0.2, -0.15) is 0 Å². The topological polar surface area (TPSA) is 126 Å². The third kappa shape index (κ3) is 4.05. The summed E-state index contributed by atoms with van der Waals surface area (Å²) >= 11 is 6.03. The van der Waals surface area contributed by atoms with E-state index < -0.39 is 38.1 Å². The first kappa shape index (κ1) is 21.4. The number of alkyl halides is 2. The van der Waals surface area contributed by atoms with E-state index in [1.807, 2.05) is 0 Å². The predicted octanol–water partition coefficient (Wildman–Crippen LogP) is 3.15. The number of urea groups is 1. The summed E-state index contributed by atoms with van der Waals surface area (Å²) in [6.45, 7) is 0.719. The van der Waals surface area contributed by atoms with Gasteiger partial charge in [-0.05, 0) is 37.2 Å². The van der Waals surface area contributed by atoms with Crippen LogP contribution >= 0.6 is 11.6 Å². The van der Waals surface area contributed by atoms with Gasteiger partial charge >= 0.3 is 12.3 Å². The summed E-state index contributed by atoms with van der Waals surface area (Å²) in [4.78, 5) is 11.9. The van der Waals surface area contributed by atoms with Crippen molar-refractivity contribution in [3.63, 3.8) is 0 Å². The molecule has 9 nitrogen and oxygen atoms in total. The predicted molar refractivity (Wildman–Crippen MR) is 107 cm³/mol. The van der Waals surface area contributed by atoms with E-state index in [9.17, 15) is 27.1 Å². The normalized spacial score (nSPS) is 19.3. The number of ether oxygens (including phenoxy) is 2. The van der Waals surface area contributed by atoms with E-state index in [2.05, 4.69) is 25.4 Å². The molecule has 0 aliphatic carbocycles. The van der Waals surface area contributed by atoms with Crippen molar-refractivity contribution in [1.29, 1.82) is 0 Å². The van der Waals surface area contributed by atoms with Crippen molar-refractivity contribution in [2.24, 2.45) is 0 Å². The SMILES string of the molecule is O=C(Nc1ccc(Cl)c(S(=O)(=O)[C@@H]2CCNC2)c1O)Nc1cccc2c1OC(F)(F)O2. The van der Waals surface area contributed by atoms with Gasteiger partial charge in [0.15, 0.2) is 27.1 Å². The number of hydrogen-bond acceptors (Lipinski definition) is 7. The number of anilines is 2. The van der Waals surface area contributed by atoms with Gasteiger partial charge in [0.25, 0.3) is 0 Å². The monoisotopic (exact) mass is 475 g/mol. The Balaban J connectivity index is 1.57.